The zero-order valence-corrected chi connectivity index (χ0v) is 9.69. The van der Waals surface area contributed by atoms with E-state index in [1.54, 1.807) is 13.2 Å². The Morgan fingerprint density at radius 3 is 2.69 bits per heavy atom. The standard InChI is InChI=1S/C12H16N2O2/c1-9-7-10(16-2)8-11(13-9)12(15)14-5-3-4-6-14/h7-8H,3-6H2,1-2H3. The lowest BCUT2D eigenvalue weighted by molar-refractivity contribution is 0.0786. The van der Waals surface area contributed by atoms with Gasteiger partial charge < -0.3 is 9.64 Å². The molecule has 1 aromatic heterocycles. The van der Waals surface area contributed by atoms with E-state index in [-0.39, 0.29) is 5.91 Å². The van der Waals surface area contributed by atoms with Crippen LogP contribution in [0.15, 0.2) is 12.1 Å². The summed E-state index contributed by atoms with van der Waals surface area (Å²) in [6, 6.07) is 3.52. The summed E-state index contributed by atoms with van der Waals surface area (Å²) in [7, 11) is 1.60. The zero-order chi connectivity index (χ0) is 11.5. The van der Waals surface area contributed by atoms with Crippen LogP contribution in [0.3, 0.4) is 0 Å². The van der Waals surface area contributed by atoms with E-state index in [1.807, 2.05) is 17.9 Å². The van der Waals surface area contributed by atoms with E-state index in [2.05, 4.69) is 4.98 Å². The highest BCUT2D eigenvalue weighted by Crippen LogP contribution is 2.17. The third-order valence-corrected chi connectivity index (χ3v) is 2.78. The molecule has 2 heterocycles. The summed E-state index contributed by atoms with van der Waals surface area (Å²) in [6.07, 6.45) is 2.18. The summed E-state index contributed by atoms with van der Waals surface area (Å²) in [6.45, 7) is 3.55. The molecule has 0 unspecified atom stereocenters. The second-order valence-electron chi connectivity index (χ2n) is 4.03. The Kier molecular flexibility index (Phi) is 3.08. The molecule has 4 nitrogen and oxygen atoms in total. The smallest absolute Gasteiger partial charge is 0.272 e. The van der Waals surface area contributed by atoms with Gasteiger partial charge in [0, 0.05) is 30.9 Å². The minimum absolute atomic E-state index is 0.0134. The van der Waals surface area contributed by atoms with Crippen LogP contribution in [0.4, 0.5) is 0 Å². The SMILES string of the molecule is COc1cc(C)nc(C(=O)N2CCCC2)c1. The second-order valence-corrected chi connectivity index (χ2v) is 4.03. The number of carbonyl (C=O) groups excluding carboxylic acids is 1. The van der Waals surface area contributed by atoms with Crippen molar-refractivity contribution in [2.45, 2.75) is 19.8 Å². The zero-order valence-electron chi connectivity index (χ0n) is 9.69. The maximum atomic E-state index is 12.1. The first-order chi connectivity index (χ1) is 7.70. The van der Waals surface area contributed by atoms with Gasteiger partial charge in [0.2, 0.25) is 0 Å². The average molecular weight is 220 g/mol. The van der Waals surface area contributed by atoms with Crippen LogP contribution in [0, 0.1) is 6.92 Å². The molecule has 0 spiro atoms. The van der Waals surface area contributed by atoms with Gasteiger partial charge in [-0.1, -0.05) is 0 Å². The van der Waals surface area contributed by atoms with Crippen molar-refractivity contribution in [1.82, 2.24) is 9.88 Å². The first-order valence-corrected chi connectivity index (χ1v) is 5.52. The van der Waals surface area contributed by atoms with Gasteiger partial charge in [-0.3, -0.25) is 4.79 Å². The maximum absolute atomic E-state index is 12.1. The van der Waals surface area contributed by atoms with Crippen LogP contribution in [0.25, 0.3) is 0 Å². The number of amides is 1. The number of aromatic nitrogens is 1. The number of carbonyl (C=O) groups is 1. The van der Waals surface area contributed by atoms with Crippen LogP contribution in [0.1, 0.15) is 29.0 Å². The Hall–Kier alpha value is -1.58. The van der Waals surface area contributed by atoms with Crippen molar-refractivity contribution in [2.75, 3.05) is 20.2 Å². The number of rotatable bonds is 2. The summed E-state index contributed by atoms with van der Waals surface area (Å²) in [5, 5.41) is 0. The van der Waals surface area contributed by atoms with Crippen molar-refractivity contribution >= 4 is 5.91 Å². The molecule has 0 aliphatic carbocycles. The number of likely N-dealkylation sites (tertiary alicyclic amines) is 1. The van der Waals surface area contributed by atoms with E-state index in [1.165, 1.54) is 0 Å². The van der Waals surface area contributed by atoms with E-state index < -0.39 is 0 Å². The molecule has 0 radical (unpaired) electrons. The topological polar surface area (TPSA) is 42.4 Å². The van der Waals surface area contributed by atoms with Crippen LogP contribution in [-0.4, -0.2) is 36.0 Å². The Bertz CT molecular complexity index is 398. The van der Waals surface area contributed by atoms with Gasteiger partial charge in [0.05, 0.1) is 7.11 Å². The van der Waals surface area contributed by atoms with E-state index in [9.17, 15) is 4.79 Å². The number of nitrogens with zero attached hydrogens (tertiary/aromatic N) is 2. The number of hydrogen-bond acceptors (Lipinski definition) is 3. The monoisotopic (exact) mass is 220 g/mol. The molecule has 0 N–H and O–H groups in total. The van der Waals surface area contributed by atoms with Crippen molar-refractivity contribution in [3.63, 3.8) is 0 Å². The van der Waals surface area contributed by atoms with Crippen molar-refractivity contribution < 1.29 is 9.53 Å². The van der Waals surface area contributed by atoms with Gasteiger partial charge in [-0.05, 0) is 19.8 Å². The van der Waals surface area contributed by atoms with Gasteiger partial charge in [-0.2, -0.15) is 0 Å². The Morgan fingerprint density at radius 1 is 1.38 bits per heavy atom. The quantitative estimate of drug-likeness (QED) is 0.760. The van der Waals surface area contributed by atoms with Gasteiger partial charge in [-0.25, -0.2) is 4.98 Å². The molecule has 16 heavy (non-hydrogen) atoms. The van der Waals surface area contributed by atoms with Gasteiger partial charge in [0.1, 0.15) is 11.4 Å². The summed E-state index contributed by atoms with van der Waals surface area (Å²) in [5.74, 6) is 0.703. The van der Waals surface area contributed by atoms with Crippen LogP contribution in [-0.2, 0) is 0 Å². The van der Waals surface area contributed by atoms with Gasteiger partial charge >= 0.3 is 0 Å². The van der Waals surface area contributed by atoms with Crippen molar-refractivity contribution in [3.05, 3.63) is 23.5 Å². The normalized spacial score (nSPS) is 15.2. The Morgan fingerprint density at radius 2 is 2.06 bits per heavy atom. The summed E-state index contributed by atoms with van der Waals surface area (Å²) in [4.78, 5) is 18.2. The first-order valence-electron chi connectivity index (χ1n) is 5.52. The highest BCUT2D eigenvalue weighted by Gasteiger charge is 2.21. The van der Waals surface area contributed by atoms with E-state index in [0.717, 1.165) is 31.6 Å². The first kappa shape index (κ1) is 10.9. The fraction of sp³-hybridized carbons (Fsp3) is 0.500. The Labute approximate surface area is 95.2 Å². The minimum Gasteiger partial charge on any atom is -0.497 e. The van der Waals surface area contributed by atoms with E-state index in [4.69, 9.17) is 4.74 Å². The van der Waals surface area contributed by atoms with E-state index in [0.29, 0.717) is 11.4 Å². The van der Waals surface area contributed by atoms with Gasteiger partial charge in [0.25, 0.3) is 5.91 Å². The van der Waals surface area contributed by atoms with Crippen LogP contribution in [0.2, 0.25) is 0 Å². The molecule has 0 atom stereocenters. The van der Waals surface area contributed by atoms with Gasteiger partial charge in [-0.15, -0.1) is 0 Å². The molecule has 0 saturated carbocycles. The third kappa shape index (κ3) is 2.15. The third-order valence-electron chi connectivity index (χ3n) is 2.78. The summed E-state index contributed by atoms with van der Waals surface area (Å²) in [5.41, 5.74) is 1.29. The molecule has 0 bridgehead atoms. The molecule has 86 valence electrons. The number of hydrogen-bond donors (Lipinski definition) is 0. The minimum atomic E-state index is 0.0134. The molecule has 1 amide bonds. The lowest BCUT2D eigenvalue weighted by atomic mass is 10.2. The number of ether oxygens (including phenoxy) is 1. The predicted molar refractivity (Wildman–Crippen MR) is 60.7 cm³/mol. The molecule has 1 aliphatic rings. The summed E-state index contributed by atoms with van der Waals surface area (Å²) >= 11 is 0. The van der Waals surface area contributed by atoms with E-state index >= 15 is 0 Å². The average Bonchev–Trinajstić information content (AvgIpc) is 2.80. The molecule has 0 aromatic carbocycles. The lowest BCUT2D eigenvalue weighted by Crippen LogP contribution is -2.28. The molecular formula is C12H16N2O2. The van der Waals surface area contributed by atoms with Crippen LogP contribution >= 0.6 is 0 Å². The largest absolute Gasteiger partial charge is 0.497 e. The van der Waals surface area contributed by atoms with Gasteiger partial charge in [0.15, 0.2) is 0 Å². The molecule has 1 aromatic rings. The fourth-order valence-corrected chi connectivity index (χ4v) is 1.95. The second kappa shape index (κ2) is 4.51. The fourth-order valence-electron chi connectivity index (χ4n) is 1.95. The van der Waals surface area contributed by atoms with Crippen molar-refractivity contribution in [3.8, 4) is 5.75 Å². The number of aryl methyl sites for hydroxylation is 1. The molecule has 1 saturated heterocycles. The molecular weight excluding hydrogens is 204 g/mol. The molecule has 4 heteroatoms. The molecule has 1 fully saturated rings. The van der Waals surface area contributed by atoms with Crippen molar-refractivity contribution in [1.29, 1.82) is 0 Å². The molecule has 2 rings (SSSR count). The maximum Gasteiger partial charge on any atom is 0.272 e. The van der Waals surface area contributed by atoms with Crippen LogP contribution < -0.4 is 4.74 Å². The summed E-state index contributed by atoms with van der Waals surface area (Å²) < 4.78 is 5.14. The highest BCUT2D eigenvalue weighted by atomic mass is 16.5. The highest BCUT2D eigenvalue weighted by molar-refractivity contribution is 5.92. The Balaban J connectivity index is 2.24. The lowest BCUT2D eigenvalue weighted by Gasteiger charge is -2.15. The predicted octanol–water partition coefficient (Wildman–Crippen LogP) is 1.63. The molecule has 1 aliphatic heterocycles. The number of methoxy groups -OCH3 is 1. The number of pyridine rings is 1. The van der Waals surface area contributed by atoms with Crippen molar-refractivity contribution in [2.24, 2.45) is 0 Å². The van der Waals surface area contributed by atoms with Crippen LogP contribution in [0.5, 0.6) is 5.75 Å².